The molecular formula is C21H21N3O3S. The molecule has 3 aromatic rings. The molecule has 2 aromatic heterocycles. The number of carbonyl (C=O) groups is 2. The van der Waals surface area contributed by atoms with Gasteiger partial charge in [-0.2, -0.15) is 5.10 Å². The fourth-order valence-corrected chi connectivity index (χ4v) is 4.44. The molecule has 1 aromatic carbocycles. The molecule has 1 N–H and O–H groups in total. The van der Waals surface area contributed by atoms with Crippen LogP contribution in [0.25, 0.3) is 16.3 Å². The van der Waals surface area contributed by atoms with Crippen molar-refractivity contribution in [1.29, 1.82) is 0 Å². The van der Waals surface area contributed by atoms with E-state index in [4.69, 9.17) is 0 Å². The van der Waals surface area contributed by atoms with Crippen LogP contribution in [-0.4, -0.2) is 44.8 Å². The maximum Gasteiger partial charge on any atom is 0.308 e. The predicted molar refractivity (Wildman–Crippen MR) is 108 cm³/mol. The van der Waals surface area contributed by atoms with Crippen LogP contribution in [0.15, 0.2) is 53.9 Å². The van der Waals surface area contributed by atoms with Gasteiger partial charge in [-0.1, -0.05) is 31.2 Å². The van der Waals surface area contributed by atoms with Crippen molar-refractivity contribution in [3.8, 4) is 16.3 Å². The van der Waals surface area contributed by atoms with Gasteiger partial charge in [-0.3, -0.25) is 9.59 Å². The van der Waals surface area contributed by atoms with Gasteiger partial charge in [0.2, 0.25) is 0 Å². The molecule has 4 rings (SSSR count). The molecule has 2 unspecified atom stereocenters. The molecule has 1 fully saturated rings. The number of hydrogen-bond donors (Lipinski definition) is 1. The summed E-state index contributed by atoms with van der Waals surface area (Å²) in [7, 11) is 0. The van der Waals surface area contributed by atoms with E-state index < -0.39 is 11.9 Å². The van der Waals surface area contributed by atoms with Gasteiger partial charge in [0.25, 0.3) is 5.91 Å². The maximum absolute atomic E-state index is 13.1. The zero-order valence-electron chi connectivity index (χ0n) is 15.5. The third-order valence-corrected chi connectivity index (χ3v) is 5.89. The highest BCUT2D eigenvalue weighted by Crippen LogP contribution is 2.29. The maximum atomic E-state index is 13.1. The van der Waals surface area contributed by atoms with Gasteiger partial charge < -0.3 is 10.0 Å². The van der Waals surface area contributed by atoms with E-state index in [1.54, 1.807) is 27.0 Å². The standard InChI is InChI=1S/C21H21N3O3S/c1-14-10-15(21(26)27)13-23(12-14)20(25)17-11-18(19-8-5-9-28-19)24(22-17)16-6-3-2-4-7-16/h2-9,11,14-15H,10,12-13H2,1H3,(H,26,27). The lowest BCUT2D eigenvalue weighted by molar-refractivity contribution is -0.143. The number of carbonyl (C=O) groups excluding carboxylic acids is 1. The lowest BCUT2D eigenvalue weighted by atomic mass is 9.90. The summed E-state index contributed by atoms with van der Waals surface area (Å²) in [5.74, 6) is -1.45. The molecule has 0 bridgehead atoms. The van der Waals surface area contributed by atoms with Crippen molar-refractivity contribution < 1.29 is 14.7 Å². The highest BCUT2D eigenvalue weighted by atomic mass is 32.1. The number of rotatable bonds is 4. The molecule has 3 heterocycles. The molecule has 6 nitrogen and oxygen atoms in total. The quantitative estimate of drug-likeness (QED) is 0.729. The van der Waals surface area contributed by atoms with Crippen LogP contribution in [0.5, 0.6) is 0 Å². The van der Waals surface area contributed by atoms with Crippen LogP contribution < -0.4 is 0 Å². The van der Waals surface area contributed by atoms with Gasteiger partial charge >= 0.3 is 5.97 Å². The molecule has 1 aliphatic heterocycles. The SMILES string of the molecule is CC1CC(C(=O)O)CN(C(=O)c2cc(-c3cccs3)n(-c3ccccc3)n2)C1. The average Bonchev–Trinajstić information content (AvgIpc) is 3.37. The first-order valence-corrected chi connectivity index (χ1v) is 10.1. The Labute approximate surface area is 167 Å². The number of carboxylic acid groups (broad SMARTS) is 1. The number of para-hydroxylation sites is 1. The number of carboxylic acids is 1. The summed E-state index contributed by atoms with van der Waals surface area (Å²) in [5.41, 5.74) is 2.07. The van der Waals surface area contributed by atoms with Gasteiger partial charge in [0.15, 0.2) is 5.69 Å². The largest absolute Gasteiger partial charge is 0.481 e. The predicted octanol–water partition coefficient (Wildman–Crippen LogP) is 3.78. The monoisotopic (exact) mass is 395 g/mol. The van der Waals surface area contributed by atoms with Gasteiger partial charge in [-0.05, 0) is 42.0 Å². The topological polar surface area (TPSA) is 75.4 Å². The Kier molecular flexibility index (Phi) is 5.00. The van der Waals surface area contributed by atoms with Crippen molar-refractivity contribution >= 4 is 23.2 Å². The third kappa shape index (κ3) is 3.57. The van der Waals surface area contributed by atoms with Gasteiger partial charge in [0.1, 0.15) is 0 Å². The molecule has 144 valence electrons. The first-order valence-electron chi connectivity index (χ1n) is 9.24. The molecule has 0 spiro atoms. The number of hydrogen-bond acceptors (Lipinski definition) is 4. The van der Waals surface area contributed by atoms with Gasteiger partial charge in [0.05, 0.1) is 22.2 Å². The van der Waals surface area contributed by atoms with E-state index in [1.165, 1.54) is 0 Å². The first kappa shape index (κ1) is 18.4. The molecular weight excluding hydrogens is 374 g/mol. The number of thiophene rings is 1. The zero-order chi connectivity index (χ0) is 19.7. The van der Waals surface area contributed by atoms with Crippen LogP contribution in [-0.2, 0) is 4.79 Å². The van der Waals surface area contributed by atoms with Crippen molar-refractivity contribution in [2.45, 2.75) is 13.3 Å². The molecule has 1 amide bonds. The van der Waals surface area contributed by atoms with E-state index in [0.717, 1.165) is 16.3 Å². The fourth-order valence-electron chi connectivity index (χ4n) is 3.71. The number of likely N-dealkylation sites (tertiary alicyclic amines) is 1. The average molecular weight is 395 g/mol. The van der Waals surface area contributed by atoms with E-state index in [2.05, 4.69) is 5.10 Å². The highest BCUT2D eigenvalue weighted by molar-refractivity contribution is 7.13. The molecule has 7 heteroatoms. The van der Waals surface area contributed by atoms with Gasteiger partial charge in [0, 0.05) is 13.1 Å². The smallest absolute Gasteiger partial charge is 0.308 e. The first-order chi connectivity index (χ1) is 13.5. The molecule has 0 aliphatic carbocycles. The summed E-state index contributed by atoms with van der Waals surface area (Å²) in [6, 6.07) is 15.5. The number of aromatic nitrogens is 2. The Morgan fingerprint density at radius 2 is 1.93 bits per heavy atom. The van der Waals surface area contributed by atoms with E-state index in [9.17, 15) is 14.7 Å². The van der Waals surface area contributed by atoms with Crippen LogP contribution in [0.2, 0.25) is 0 Å². The van der Waals surface area contributed by atoms with Crippen molar-refractivity contribution in [3.63, 3.8) is 0 Å². The van der Waals surface area contributed by atoms with E-state index in [0.29, 0.717) is 18.7 Å². The summed E-state index contributed by atoms with van der Waals surface area (Å²) in [4.78, 5) is 27.2. The van der Waals surface area contributed by atoms with Crippen molar-refractivity contribution in [2.75, 3.05) is 13.1 Å². The van der Waals surface area contributed by atoms with Crippen LogP contribution in [0, 0.1) is 11.8 Å². The Morgan fingerprint density at radius 3 is 2.61 bits per heavy atom. The minimum atomic E-state index is -0.849. The highest BCUT2D eigenvalue weighted by Gasteiger charge is 2.33. The van der Waals surface area contributed by atoms with Gasteiger partial charge in [-0.25, -0.2) is 4.68 Å². The molecule has 1 saturated heterocycles. The number of benzene rings is 1. The Morgan fingerprint density at radius 1 is 1.14 bits per heavy atom. The van der Waals surface area contributed by atoms with E-state index >= 15 is 0 Å². The van der Waals surface area contributed by atoms with Crippen molar-refractivity contribution in [2.24, 2.45) is 11.8 Å². The zero-order valence-corrected chi connectivity index (χ0v) is 16.3. The lowest BCUT2D eigenvalue weighted by Crippen LogP contribution is -2.45. The fraction of sp³-hybridized carbons (Fsp3) is 0.286. The normalized spacial score (nSPS) is 19.5. The summed E-state index contributed by atoms with van der Waals surface area (Å²) < 4.78 is 1.78. The second kappa shape index (κ2) is 7.59. The molecule has 28 heavy (non-hydrogen) atoms. The third-order valence-electron chi connectivity index (χ3n) is 5.00. The molecule has 0 radical (unpaired) electrons. The van der Waals surface area contributed by atoms with Crippen LogP contribution in [0.4, 0.5) is 0 Å². The summed E-state index contributed by atoms with van der Waals surface area (Å²) in [5, 5.41) is 16.0. The van der Waals surface area contributed by atoms with Crippen molar-refractivity contribution in [3.05, 3.63) is 59.6 Å². The minimum absolute atomic E-state index is 0.145. The number of amides is 1. The Bertz CT molecular complexity index is 982. The molecule has 1 aliphatic rings. The second-order valence-electron chi connectivity index (χ2n) is 7.23. The lowest BCUT2D eigenvalue weighted by Gasteiger charge is -2.34. The summed E-state index contributed by atoms with van der Waals surface area (Å²) in [6.45, 7) is 2.76. The summed E-state index contributed by atoms with van der Waals surface area (Å²) >= 11 is 1.59. The number of piperidine rings is 1. The van der Waals surface area contributed by atoms with Crippen molar-refractivity contribution in [1.82, 2.24) is 14.7 Å². The van der Waals surface area contributed by atoms with Gasteiger partial charge in [-0.15, -0.1) is 11.3 Å². The Hall–Kier alpha value is -2.93. The number of nitrogens with zero attached hydrogens (tertiary/aromatic N) is 3. The summed E-state index contributed by atoms with van der Waals surface area (Å²) in [6.07, 6.45) is 0.595. The van der Waals surface area contributed by atoms with Crippen LogP contribution >= 0.6 is 11.3 Å². The van der Waals surface area contributed by atoms with Crippen LogP contribution in [0.3, 0.4) is 0 Å². The molecule has 0 saturated carbocycles. The Balaban J connectivity index is 1.70. The second-order valence-corrected chi connectivity index (χ2v) is 8.17. The van der Waals surface area contributed by atoms with E-state index in [-0.39, 0.29) is 18.4 Å². The molecule has 2 atom stereocenters. The van der Waals surface area contributed by atoms with E-state index in [1.807, 2.05) is 54.8 Å². The number of aliphatic carboxylic acids is 1. The minimum Gasteiger partial charge on any atom is -0.481 e. The van der Waals surface area contributed by atoms with Crippen LogP contribution in [0.1, 0.15) is 23.8 Å².